The number of esters is 2. The molecule has 0 saturated heterocycles. The Hall–Kier alpha value is -4.19. The quantitative estimate of drug-likeness (QED) is 0.173. The third-order valence-corrected chi connectivity index (χ3v) is 4.70. The highest BCUT2D eigenvalue weighted by atomic mass is 16.5. The van der Waals surface area contributed by atoms with Gasteiger partial charge in [-0.25, -0.2) is 4.79 Å². The maximum Gasteiger partial charge on any atom is 0.339 e. The van der Waals surface area contributed by atoms with E-state index in [0.29, 0.717) is 28.9 Å². The largest absolute Gasteiger partial charge is 0.494 e. The van der Waals surface area contributed by atoms with Crippen LogP contribution in [0.3, 0.4) is 0 Å². The fraction of sp³-hybridized carbons (Fsp3) is 0.148. The highest BCUT2D eigenvalue weighted by Crippen LogP contribution is 2.27. The normalized spacial score (nSPS) is 11.2. The monoisotopic (exact) mass is 444 g/mol. The van der Waals surface area contributed by atoms with Gasteiger partial charge >= 0.3 is 11.9 Å². The molecule has 0 amide bonds. The van der Waals surface area contributed by atoms with Gasteiger partial charge in [0.1, 0.15) is 5.75 Å². The van der Waals surface area contributed by atoms with Gasteiger partial charge in [0.25, 0.3) is 0 Å². The number of carbonyl (C=O) groups excluding carboxylic acids is 3. The fourth-order valence-electron chi connectivity index (χ4n) is 3.10. The molecule has 33 heavy (non-hydrogen) atoms. The van der Waals surface area contributed by atoms with Gasteiger partial charge in [0.2, 0.25) is 5.78 Å². The zero-order valence-corrected chi connectivity index (χ0v) is 18.0. The Morgan fingerprint density at radius 2 is 1.52 bits per heavy atom. The Balaban J connectivity index is 1.77. The first-order valence-electron chi connectivity index (χ1n) is 10.5. The number of benzene rings is 3. The Morgan fingerprint density at radius 1 is 0.848 bits per heavy atom. The predicted octanol–water partition coefficient (Wildman–Crippen LogP) is 5.31. The lowest BCUT2D eigenvalue weighted by Crippen LogP contribution is -2.20. The summed E-state index contributed by atoms with van der Waals surface area (Å²) >= 11 is 0. The zero-order valence-electron chi connectivity index (χ0n) is 18.0. The maximum absolute atomic E-state index is 13.2. The average molecular weight is 444 g/mol. The van der Waals surface area contributed by atoms with Crippen LogP contribution in [0.25, 0.3) is 0 Å². The van der Waals surface area contributed by atoms with Crippen LogP contribution < -0.4 is 4.74 Å². The van der Waals surface area contributed by atoms with Crippen LogP contribution in [0.4, 0.5) is 0 Å². The summed E-state index contributed by atoms with van der Waals surface area (Å²) in [6.45, 7) is 3.62. The maximum atomic E-state index is 13.2. The van der Waals surface area contributed by atoms with Gasteiger partial charge in [0.05, 0.1) is 18.4 Å². The SMILES string of the molecule is C=COC(=O)CCCOc1cccc(C(OC(=O)c2ccccc2)C(=O)c2ccccc2)c1. The number of hydrogen-bond acceptors (Lipinski definition) is 6. The summed E-state index contributed by atoms with van der Waals surface area (Å²) < 4.78 is 16.0. The van der Waals surface area contributed by atoms with Crippen LogP contribution in [-0.4, -0.2) is 24.3 Å². The van der Waals surface area contributed by atoms with Crippen LogP contribution in [0.2, 0.25) is 0 Å². The fourth-order valence-corrected chi connectivity index (χ4v) is 3.10. The standard InChI is InChI=1S/C27H24O6/c1-2-31-24(28)17-10-18-32-23-16-9-15-22(19-23)26(25(29)20-11-5-3-6-12-20)33-27(30)21-13-7-4-8-14-21/h2-9,11-16,19,26H,1,10,17-18H2. The molecule has 0 aliphatic heterocycles. The zero-order chi connectivity index (χ0) is 23.5. The van der Waals surface area contributed by atoms with E-state index in [0.717, 1.165) is 6.26 Å². The Kier molecular flexibility index (Phi) is 8.54. The highest BCUT2D eigenvalue weighted by Gasteiger charge is 2.27. The van der Waals surface area contributed by atoms with Crippen molar-refractivity contribution in [2.45, 2.75) is 18.9 Å². The van der Waals surface area contributed by atoms with Crippen molar-refractivity contribution in [2.75, 3.05) is 6.61 Å². The van der Waals surface area contributed by atoms with Gasteiger partial charge in [-0.15, -0.1) is 0 Å². The first-order chi connectivity index (χ1) is 16.1. The molecule has 0 aliphatic carbocycles. The molecule has 1 unspecified atom stereocenters. The van der Waals surface area contributed by atoms with Crippen molar-refractivity contribution in [2.24, 2.45) is 0 Å². The predicted molar refractivity (Wildman–Crippen MR) is 123 cm³/mol. The Bertz CT molecular complexity index is 1090. The molecule has 3 aromatic carbocycles. The van der Waals surface area contributed by atoms with E-state index in [1.807, 2.05) is 0 Å². The second-order valence-corrected chi connectivity index (χ2v) is 7.06. The minimum atomic E-state index is -1.15. The smallest absolute Gasteiger partial charge is 0.339 e. The Labute approximate surface area is 192 Å². The molecule has 0 radical (unpaired) electrons. The molecule has 0 saturated carbocycles. The van der Waals surface area contributed by atoms with Gasteiger partial charge < -0.3 is 14.2 Å². The van der Waals surface area contributed by atoms with E-state index < -0.39 is 12.1 Å². The van der Waals surface area contributed by atoms with Crippen molar-refractivity contribution in [1.29, 1.82) is 0 Å². The molecule has 168 valence electrons. The lowest BCUT2D eigenvalue weighted by molar-refractivity contribution is -0.138. The van der Waals surface area contributed by atoms with Crippen molar-refractivity contribution in [3.8, 4) is 5.75 Å². The van der Waals surface area contributed by atoms with Gasteiger partial charge in [-0.05, 0) is 30.7 Å². The van der Waals surface area contributed by atoms with E-state index in [9.17, 15) is 14.4 Å². The topological polar surface area (TPSA) is 78.9 Å². The molecule has 0 fully saturated rings. The van der Waals surface area contributed by atoms with Crippen molar-refractivity contribution >= 4 is 17.7 Å². The molecule has 0 N–H and O–H groups in total. The molecule has 0 aliphatic rings. The number of hydrogen-bond donors (Lipinski definition) is 0. The lowest BCUT2D eigenvalue weighted by atomic mass is 9.99. The van der Waals surface area contributed by atoms with Crippen LogP contribution in [0.15, 0.2) is 97.8 Å². The molecule has 0 spiro atoms. The first-order valence-corrected chi connectivity index (χ1v) is 10.5. The minimum absolute atomic E-state index is 0.190. The van der Waals surface area contributed by atoms with Crippen molar-refractivity contribution in [1.82, 2.24) is 0 Å². The van der Waals surface area contributed by atoms with Crippen molar-refractivity contribution in [3.05, 3.63) is 114 Å². The number of carbonyl (C=O) groups is 3. The van der Waals surface area contributed by atoms with Gasteiger partial charge in [-0.1, -0.05) is 67.2 Å². The third kappa shape index (κ3) is 6.90. The number of Topliss-reactive ketones (excluding diaryl/α,β-unsaturated/α-hetero) is 1. The molecular formula is C27H24O6. The van der Waals surface area contributed by atoms with Crippen LogP contribution in [0.5, 0.6) is 5.75 Å². The number of ketones is 1. The van der Waals surface area contributed by atoms with Crippen LogP contribution in [-0.2, 0) is 14.3 Å². The molecule has 0 bridgehead atoms. The summed E-state index contributed by atoms with van der Waals surface area (Å²) in [6.07, 6.45) is 0.584. The molecule has 3 aromatic rings. The van der Waals surface area contributed by atoms with Crippen LogP contribution >= 0.6 is 0 Å². The minimum Gasteiger partial charge on any atom is -0.494 e. The van der Waals surface area contributed by atoms with E-state index in [1.165, 1.54) is 0 Å². The summed E-state index contributed by atoms with van der Waals surface area (Å²) in [5.74, 6) is -0.837. The van der Waals surface area contributed by atoms with Crippen LogP contribution in [0.1, 0.15) is 45.2 Å². The second kappa shape index (κ2) is 12.0. The Morgan fingerprint density at radius 3 is 2.18 bits per heavy atom. The summed E-state index contributed by atoms with van der Waals surface area (Å²) in [4.78, 5) is 37.4. The molecule has 6 nitrogen and oxygen atoms in total. The number of rotatable bonds is 11. The van der Waals surface area contributed by atoms with Gasteiger partial charge in [0, 0.05) is 17.5 Å². The van der Waals surface area contributed by atoms with Crippen LogP contribution in [0, 0.1) is 0 Å². The molecule has 0 aromatic heterocycles. The summed E-state index contributed by atoms with van der Waals surface area (Å²) in [7, 11) is 0. The molecular weight excluding hydrogens is 420 g/mol. The van der Waals surface area contributed by atoms with E-state index in [4.69, 9.17) is 9.47 Å². The summed E-state index contributed by atoms with van der Waals surface area (Å²) in [5.41, 5.74) is 1.26. The van der Waals surface area contributed by atoms with E-state index in [-0.39, 0.29) is 24.8 Å². The third-order valence-electron chi connectivity index (χ3n) is 4.70. The first kappa shape index (κ1) is 23.5. The van der Waals surface area contributed by atoms with Gasteiger partial charge in [-0.2, -0.15) is 0 Å². The highest BCUT2D eigenvalue weighted by molar-refractivity contribution is 6.02. The lowest BCUT2D eigenvalue weighted by Gasteiger charge is -2.18. The average Bonchev–Trinajstić information content (AvgIpc) is 2.86. The summed E-state index contributed by atoms with van der Waals surface area (Å²) in [6, 6.07) is 24.0. The van der Waals surface area contributed by atoms with Gasteiger partial charge in [-0.3, -0.25) is 9.59 Å². The molecule has 1 atom stereocenters. The van der Waals surface area contributed by atoms with Gasteiger partial charge in [0.15, 0.2) is 6.10 Å². The van der Waals surface area contributed by atoms with Crippen molar-refractivity contribution in [3.63, 3.8) is 0 Å². The molecule has 0 heterocycles. The number of ether oxygens (including phenoxy) is 3. The summed E-state index contributed by atoms with van der Waals surface area (Å²) in [5, 5.41) is 0. The second-order valence-electron chi connectivity index (χ2n) is 7.06. The van der Waals surface area contributed by atoms with E-state index in [2.05, 4.69) is 11.3 Å². The van der Waals surface area contributed by atoms with Crippen molar-refractivity contribution < 1.29 is 28.6 Å². The molecule has 3 rings (SSSR count). The molecule has 6 heteroatoms. The van der Waals surface area contributed by atoms with E-state index in [1.54, 1.807) is 84.9 Å². The van der Waals surface area contributed by atoms with E-state index >= 15 is 0 Å².